The number of halogens is 3. The van der Waals surface area contributed by atoms with Gasteiger partial charge >= 0.3 is 5.69 Å². The second kappa shape index (κ2) is 7.00. The summed E-state index contributed by atoms with van der Waals surface area (Å²) in [7, 11) is 0. The second-order valence-electron chi connectivity index (χ2n) is 4.18. The number of alkyl halides is 1. The van der Waals surface area contributed by atoms with Crippen molar-refractivity contribution in [1.29, 1.82) is 0 Å². The second-order valence-corrected chi connectivity index (χ2v) is 5.60. The summed E-state index contributed by atoms with van der Waals surface area (Å²) in [6.07, 6.45) is 0. The van der Waals surface area contributed by atoms with Gasteiger partial charge in [0.05, 0.1) is 4.92 Å². The predicted molar refractivity (Wildman–Crippen MR) is 84.2 cm³/mol. The molecule has 7 heteroatoms. The first-order valence-corrected chi connectivity index (χ1v) is 7.83. The van der Waals surface area contributed by atoms with Crippen LogP contribution in [0.25, 0.3) is 0 Å². The molecule has 0 aliphatic heterocycles. The highest BCUT2D eigenvalue weighted by Gasteiger charge is 2.17. The Labute approximate surface area is 137 Å². The standard InChI is InChI=1S/C14H10Br2FNO3/c15-7-10-6-11(4-5-12(10)16)21-8-9-2-1-3-13(14(9)17)18(19)20/h1-6H,7-8H2. The Bertz CT molecular complexity index is 679. The van der Waals surface area contributed by atoms with Crippen molar-refractivity contribution < 1.29 is 14.1 Å². The van der Waals surface area contributed by atoms with Crippen LogP contribution in [0.5, 0.6) is 5.75 Å². The molecule has 0 aromatic heterocycles. The van der Waals surface area contributed by atoms with Gasteiger partial charge in [0.2, 0.25) is 5.82 Å². The maximum absolute atomic E-state index is 13.9. The summed E-state index contributed by atoms with van der Waals surface area (Å²) in [6.45, 7) is -0.0725. The molecule has 0 radical (unpaired) electrons. The van der Waals surface area contributed by atoms with Crippen molar-refractivity contribution in [1.82, 2.24) is 0 Å². The third kappa shape index (κ3) is 3.79. The van der Waals surface area contributed by atoms with Crippen molar-refractivity contribution in [3.8, 4) is 5.75 Å². The third-order valence-corrected chi connectivity index (χ3v) is 4.19. The molecular weight excluding hydrogens is 409 g/mol. The van der Waals surface area contributed by atoms with Crippen molar-refractivity contribution in [2.24, 2.45) is 0 Å². The van der Waals surface area contributed by atoms with Crippen molar-refractivity contribution in [2.75, 3.05) is 0 Å². The number of rotatable bonds is 5. The van der Waals surface area contributed by atoms with Gasteiger partial charge in [0.1, 0.15) is 12.4 Å². The zero-order valence-corrected chi connectivity index (χ0v) is 13.9. The Hall–Kier alpha value is -1.47. The fourth-order valence-corrected chi connectivity index (χ4v) is 2.95. The van der Waals surface area contributed by atoms with Crippen LogP contribution in [0.1, 0.15) is 11.1 Å². The fourth-order valence-electron chi connectivity index (χ4n) is 1.72. The summed E-state index contributed by atoms with van der Waals surface area (Å²) >= 11 is 6.76. The fraction of sp³-hybridized carbons (Fsp3) is 0.143. The van der Waals surface area contributed by atoms with Gasteiger partial charge in [-0.3, -0.25) is 10.1 Å². The van der Waals surface area contributed by atoms with Crippen LogP contribution in [0, 0.1) is 15.9 Å². The van der Waals surface area contributed by atoms with Gasteiger partial charge in [0.25, 0.3) is 0 Å². The van der Waals surface area contributed by atoms with Gasteiger partial charge in [-0.2, -0.15) is 4.39 Å². The van der Waals surface area contributed by atoms with Gasteiger partial charge in [-0.1, -0.05) is 44.0 Å². The summed E-state index contributed by atoms with van der Waals surface area (Å²) in [6, 6.07) is 9.41. The summed E-state index contributed by atoms with van der Waals surface area (Å²) in [4.78, 5) is 9.93. The highest BCUT2D eigenvalue weighted by Crippen LogP contribution is 2.26. The number of hydrogen-bond acceptors (Lipinski definition) is 3. The van der Waals surface area contributed by atoms with Crippen LogP contribution >= 0.6 is 31.9 Å². The van der Waals surface area contributed by atoms with Gasteiger partial charge in [-0.25, -0.2) is 0 Å². The summed E-state index contributed by atoms with van der Waals surface area (Å²) in [5, 5.41) is 11.3. The van der Waals surface area contributed by atoms with Crippen LogP contribution in [-0.2, 0) is 11.9 Å². The summed E-state index contributed by atoms with van der Waals surface area (Å²) in [5.74, 6) is -0.293. The average Bonchev–Trinajstić information content (AvgIpc) is 2.47. The molecule has 0 saturated heterocycles. The predicted octanol–water partition coefficient (Wildman–Crippen LogP) is 4.97. The van der Waals surface area contributed by atoms with E-state index in [-0.39, 0.29) is 12.2 Å². The first-order valence-electron chi connectivity index (χ1n) is 5.92. The molecule has 0 heterocycles. The van der Waals surface area contributed by atoms with Gasteiger partial charge < -0.3 is 4.74 Å². The Morgan fingerprint density at radius 3 is 2.67 bits per heavy atom. The summed E-state index contributed by atoms with van der Waals surface area (Å²) in [5.41, 5.74) is 0.590. The van der Waals surface area contributed by atoms with Crippen LogP contribution in [0.2, 0.25) is 0 Å². The van der Waals surface area contributed by atoms with E-state index >= 15 is 0 Å². The maximum Gasteiger partial charge on any atom is 0.305 e. The van der Waals surface area contributed by atoms with E-state index in [2.05, 4.69) is 31.9 Å². The van der Waals surface area contributed by atoms with Gasteiger partial charge in [-0.15, -0.1) is 0 Å². The third-order valence-electron chi connectivity index (χ3n) is 2.81. The van der Waals surface area contributed by atoms with Gasteiger partial charge in [0, 0.05) is 21.4 Å². The molecule has 0 aliphatic rings. The molecule has 0 fully saturated rings. The molecule has 21 heavy (non-hydrogen) atoms. The first kappa shape index (κ1) is 15.9. The van der Waals surface area contributed by atoms with Gasteiger partial charge in [-0.05, 0) is 23.8 Å². The van der Waals surface area contributed by atoms with E-state index in [4.69, 9.17) is 4.74 Å². The molecule has 4 nitrogen and oxygen atoms in total. The number of hydrogen-bond donors (Lipinski definition) is 0. The van der Waals surface area contributed by atoms with Crippen LogP contribution in [0.3, 0.4) is 0 Å². The molecule has 0 unspecified atom stereocenters. The van der Waals surface area contributed by atoms with E-state index in [0.717, 1.165) is 16.1 Å². The van der Waals surface area contributed by atoms with Crippen LogP contribution in [0.4, 0.5) is 10.1 Å². The van der Waals surface area contributed by atoms with E-state index in [1.54, 1.807) is 6.07 Å². The monoisotopic (exact) mass is 417 g/mol. The molecule has 0 amide bonds. The molecule has 0 atom stereocenters. The molecule has 0 N–H and O–H groups in total. The van der Waals surface area contributed by atoms with E-state index in [1.165, 1.54) is 12.1 Å². The van der Waals surface area contributed by atoms with Crippen molar-refractivity contribution in [3.63, 3.8) is 0 Å². The lowest BCUT2D eigenvalue weighted by molar-refractivity contribution is -0.387. The Balaban J connectivity index is 2.17. The highest BCUT2D eigenvalue weighted by molar-refractivity contribution is 9.10. The van der Waals surface area contributed by atoms with Crippen LogP contribution in [0.15, 0.2) is 40.9 Å². The molecule has 2 aromatic rings. The summed E-state index contributed by atoms with van der Waals surface area (Å²) < 4.78 is 20.3. The number of nitrogens with zero attached hydrogens (tertiary/aromatic N) is 1. The molecule has 0 bridgehead atoms. The van der Waals surface area contributed by atoms with E-state index in [9.17, 15) is 14.5 Å². The Morgan fingerprint density at radius 2 is 2.00 bits per heavy atom. The lowest BCUT2D eigenvalue weighted by Gasteiger charge is -2.09. The van der Waals surface area contributed by atoms with Crippen LogP contribution in [-0.4, -0.2) is 4.92 Å². The molecule has 2 aromatic carbocycles. The number of benzene rings is 2. The number of nitro groups is 1. The normalized spacial score (nSPS) is 10.4. The smallest absolute Gasteiger partial charge is 0.305 e. The molecule has 0 saturated carbocycles. The Kier molecular flexibility index (Phi) is 5.30. The molecule has 110 valence electrons. The van der Waals surface area contributed by atoms with E-state index in [1.807, 2.05) is 12.1 Å². The molecular formula is C14H10Br2FNO3. The lowest BCUT2D eigenvalue weighted by Crippen LogP contribution is -2.02. The first-order chi connectivity index (χ1) is 10.0. The highest BCUT2D eigenvalue weighted by atomic mass is 79.9. The Morgan fingerprint density at radius 1 is 1.24 bits per heavy atom. The topological polar surface area (TPSA) is 52.4 Å². The molecule has 0 spiro atoms. The van der Waals surface area contributed by atoms with Gasteiger partial charge in [0.15, 0.2) is 0 Å². The van der Waals surface area contributed by atoms with Crippen LogP contribution < -0.4 is 4.74 Å². The minimum absolute atomic E-state index is 0.0725. The zero-order valence-electron chi connectivity index (χ0n) is 10.7. The van der Waals surface area contributed by atoms with E-state index < -0.39 is 16.4 Å². The number of ether oxygens (including phenoxy) is 1. The maximum atomic E-state index is 13.9. The van der Waals surface area contributed by atoms with Crippen molar-refractivity contribution >= 4 is 37.5 Å². The average molecular weight is 419 g/mol. The largest absolute Gasteiger partial charge is 0.489 e. The SMILES string of the molecule is O=[N+]([O-])c1cccc(COc2ccc(Br)c(CBr)c2)c1F. The minimum atomic E-state index is -0.861. The minimum Gasteiger partial charge on any atom is -0.489 e. The quantitative estimate of drug-likeness (QED) is 0.391. The van der Waals surface area contributed by atoms with Crippen molar-refractivity contribution in [3.05, 3.63) is 67.9 Å². The number of nitro benzene ring substituents is 1. The lowest BCUT2D eigenvalue weighted by atomic mass is 10.2. The molecule has 0 aliphatic carbocycles. The van der Waals surface area contributed by atoms with E-state index in [0.29, 0.717) is 11.1 Å². The molecule has 2 rings (SSSR count). The van der Waals surface area contributed by atoms with Crippen molar-refractivity contribution in [2.45, 2.75) is 11.9 Å². The zero-order chi connectivity index (χ0) is 15.4.